The Morgan fingerprint density at radius 2 is 2.25 bits per heavy atom. The quantitative estimate of drug-likeness (QED) is 0.785. The Bertz CT molecular complexity index is 390. The Labute approximate surface area is 96.5 Å². The molecule has 0 radical (unpaired) electrons. The van der Waals surface area contributed by atoms with Gasteiger partial charge in [-0.15, -0.1) is 0 Å². The summed E-state index contributed by atoms with van der Waals surface area (Å²) in [6, 6.07) is 3.56. The minimum atomic E-state index is -0.128. The normalized spacial score (nSPS) is 20.0. The molecule has 3 heteroatoms. The number of fused-ring (bicyclic) bond motifs is 1. The van der Waals surface area contributed by atoms with Crippen molar-refractivity contribution in [2.45, 2.75) is 20.8 Å². The summed E-state index contributed by atoms with van der Waals surface area (Å²) in [6.07, 6.45) is 0. The molecule has 0 fully saturated rings. The first-order valence-electron chi connectivity index (χ1n) is 5.90. The monoisotopic (exact) mass is 222 g/mol. The predicted octanol–water partition coefficient (Wildman–Crippen LogP) is 3.02. The standard InChI is InChI=1S/C13H19FN2/c1-4-16-8-9(2)7-15-12-6-11(14)10(3)5-13(12)16/h5-6,9,15H,4,7-8H2,1-3H3. The van der Waals surface area contributed by atoms with Gasteiger partial charge in [0.25, 0.3) is 0 Å². The molecule has 1 aliphatic heterocycles. The van der Waals surface area contributed by atoms with Crippen molar-refractivity contribution >= 4 is 11.4 Å². The Balaban J connectivity index is 2.45. The fraction of sp³-hybridized carbons (Fsp3) is 0.538. The predicted molar refractivity (Wildman–Crippen MR) is 66.7 cm³/mol. The molecule has 0 bridgehead atoms. The van der Waals surface area contributed by atoms with E-state index >= 15 is 0 Å². The van der Waals surface area contributed by atoms with Crippen LogP contribution in [-0.4, -0.2) is 19.6 Å². The Morgan fingerprint density at radius 1 is 1.50 bits per heavy atom. The van der Waals surface area contributed by atoms with Crippen molar-refractivity contribution in [3.8, 4) is 0 Å². The third-order valence-electron chi connectivity index (χ3n) is 3.17. The molecule has 1 unspecified atom stereocenters. The van der Waals surface area contributed by atoms with E-state index in [0.29, 0.717) is 11.5 Å². The second kappa shape index (κ2) is 4.32. The highest BCUT2D eigenvalue weighted by Crippen LogP contribution is 2.31. The zero-order valence-electron chi connectivity index (χ0n) is 10.2. The minimum absolute atomic E-state index is 0.128. The molecule has 0 amide bonds. The summed E-state index contributed by atoms with van der Waals surface area (Å²) in [6.45, 7) is 9.07. The van der Waals surface area contributed by atoms with Crippen molar-refractivity contribution in [1.29, 1.82) is 0 Å². The average molecular weight is 222 g/mol. The van der Waals surface area contributed by atoms with Gasteiger partial charge in [0.1, 0.15) is 5.82 Å². The first-order chi connectivity index (χ1) is 7.61. The summed E-state index contributed by atoms with van der Waals surface area (Å²) in [5.41, 5.74) is 2.77. The molecule has 0 saturated carbocycles. The van der Waals surface area contributed by atoms with Crippen LogP contribution in [0.3, 0.4) is 0 Å². The molecule has 1 heterocycles. The first kappa shape index (κ1) is 11.2. The summed E-state index contributed by atoms with van der Waals surface area (Å²) < 4.78 is 13.5. The van der Waals surface area contributed by atoms with Gasteiger partial charge in [-0.25, -0.2) is 4.39 Å². The Kier molecular flexibility index (Phi) is 3.03. The van der Waals surface area contributed by atoms with Crippen LogP contribution in [0, 0.1) is 18.7 Å². The van der Waals surface area contributed by atoms with Crippen LogP contribution >= 0.6 is 0 Å². The topological polar surface area (TPSA) is 15.3 Å². The molecule has 88 valence electrons. The number of halogens is 1. The van der Waals surface area contributed by atoms with E-state index in [1.807, 2.05) is 13.0 Å². The number of hydrogen-bond donors (Lipinski definition) is 1. The molecular weight excluding hydrogens is 203 g/mol. The van der Waals surface area contributed by atoms with Crippen LogP contribution in [0.4, 0.5) is 15.8 Å². The van der Waals surface area contributed by atoms with Gasteiger partial charge in [0, 0.05) is 19.6 Å². The maximum atomic E-state index is 13.5. The van der Waals surface area contributed by atoms with Crippen molar-refractivity contribution in [2.24, 2.45) is 5.92 Å². The lowest BCUT2D eigenvalue weighted by Crippen LogP contribution is -2.28. The van der Waals surface area contributed by atoms with Gasteiger partial charge in [0.05, 0.1) is 11.4 Å². The highest BCUT2D eigenvalue weighted by molar-refractivity contribution is 5.72. The molecule has 1 aromatic rings. The van der Waals surface area contributed by atoms with E-state index in [0.717, 1.165) is 31.0 Å². The molecule has 1 N–H and O–H groups in total. The van der Waals surface area contributed by atoms with Gasteiger partial charge in [-0.3, -0.25) is 0 Å². The smallest absolute Gasteiger partial charge is 0.128 e. The lowest BCUT2D eigenvalue weighted by atomic mass is 10.1. The van der Waals surface area contributed by atoms with Crippen LogP contribution < -0.4 is 10.2 Å². The van der Waals surface area contributed by atoms with E-state index < -0.39 is 0 Å². The van der Waals surface area contributed by atoms with Gasteiger partial charge in [0.2, 0.25) is 0 Å². The second-order valence-electron chi connectivity index (χ2n) is 4.64. The summed E-state index contributed by atoms with van der Waals surface area (Å²) in [4.78, 5) is 2.31. The summed E-state index contributed by atoms with van der Waals surface area (Å²) in [5.74, 6) is 0.451. The van der Waals surface area contributed by atoms with Crippen molar-refractivity contribution in [3.05, 3.63) is 23.5 Å². The third-order valence-corrected chi connectivity index (χ3v) is 3.17. The fourth-order valence-corrected chi connectivity index (χ4v) is 2.19. The van der Waals surface area contributed by atoms with E-state index in [-0.39, 0.29) is 5.82 Å². The molecule has 0 aromatic heterocycles. The third kappa shape index (κ3) is 1.99. The Hall–Kier alpha value is -1.25. The average Bonchev–Trinajstić information content (AvgIpc) is 2.40. The molecule has 0 saturated heterocycles. The molecular formula is C13H19FN2. The molecule has 2 rings (SSSR count). The molecule has 1 atom stereocenters. The van der Waals surface area contributed by atoms with E-state index in [4.69, 9.17) is 0 Å². The number of aryl methyl sites for hydroxylation is 1. The van der Waals surface area contributed by atoms with Crippen LogP contribution in [0.2, 0.25) is 0 Å². The van der Waals surface area contributed by atoms with Crippen molar-refractivity contribution < 1.29 is 4.39 Å². The SMILES string of the molecule is CCN1CC(C)CNc2cc(F)c(C)cc21. The molecule has 0 spiro atoms. The molecule has 1 aromatic carbocycles. The summed E-state index contributed by atoms with van der Waals surface area (Å²) >= 11 is 0. The second-order valence-corrected chi connectivity index (χ2v) is 4.64. The number of rotatable bonds is 1. The number of nitrogens with one attached hydrogen (secondary N) is 1. The van der Waals surface area contributed by atoms with Gasteiger partial charge < -0.3 is 10.2 Å². The van der Waals surface area contributed by atoms with Crippen LogP contribution in [0.15, 0.2) is 12.1 Å². The molecule has 0 aliphatic carbocycles. The van der Waals surface area contributed by atoms with Gasteiger partial charge in [-0.1, -0.05) is 6.92 Å². The fourth-order valence-electron chi connectivity index (χ4n) is 2.19. The van der Waals surface area contributed by atoms with E-state index in [1.165, 1.54) is 0 Å². The van der Waals surface area contributed by atoms with E-state index in [1.54, 1.807) is 6.07 Å². The van der Waals surface area contributed by atoms with Crippen LogP contribution in [0.25, 0.3) is 0 Å². The largest absolute Gasteiger partial charge is 0.383 e. The lowest BCUT2D eigenvalue weighted by Gasteiger charge is -2.24. The number of hydrogen-bond acceptors (Lipinski definition) is 2. The van der Waals surface area contributed by atoms with Crippen molar-refractivity contribution in [3.63, 3.8) is 0 Å². The zero-order chi connectivity index (χ0) is 11.7. The van der Waals surface area contributed by atoms with E-state index in [9.17, 15) is 4.39 Å². The Morgan fingerprint density at radius 3 is 2.94 bits per heavy atom. The van der Waals surface area contributed by atoms with Crippen molar-refractivity contribution in [2.75, 3.05) is 29.9 Å². The van der Waals surface area contributed by atoms with Gasteiger partial charge in [-0.2, -0.15) is 0 Å². The maximum Gasteiger partial charge on any atom is 0.128 e. The number of nitrogens with zero attached hydrogens (tertiary/aromatic N) is 1. The lowest BCUT2D eigenvalue weighted by molar-refractivity contribution is 0.602. The number of benzene rings is 1. The number of anilines is 2. The van der Waals surface area contributed by atoms with Crippen LogP contribution in [-0.2, 0) is 0 Å². The summed E-state index contributed by atoms with van der Waals surface area (Å²) in [7, 11) is 0. The highest BCUT2D eigenvalue weighted by Gasteiger charge is 2.19. The maximum absolute atomic E-state index is 13.5. The van der Waals surface area contributed by atoms with Gasteiger partial charge >= 0.3 is 0 Å². The van der Waals surface area contributed by atoms with Gasteiger partial charge in [0.15, 0.2) is 0 Å². The van der Waals surface area contributed by atoms with E-state index in [2.05, 4.69) is 24.1 Å². The van der Waals surface area contributed by atoms with Gasteiger partial charge in [-0.05, 0) is 37.5 Å². The minimum Gasteiger partial charge on any atom is -0.383 e. The van der Waals surface area contributed by atoms with Crippen LogP contribution in [0.1, 0.15) is 19.4 Å². The first-order valence-corrected chi connectivity index (χ1v) is 5.90. The molecule has 2 nitrogen and oxygen atoms in total. The molecule has 1 aliphatic rings. The molecule has 16 heavy (non-hydrogen) atoms. The highest BCUT2D eigenvalue weighted by atomic mass is 19.1. The zero-order valence-corrected chi connectivity index (χ0v) is 10.2. The van der Waals surface area contributed by atoms with Crippen molar-refractivity contribution in [1.82, 2.24) is 0 Å². The summed E-state index contributed by atoms with van der Waals surface area (Å²) in [5, 5.41) is 3.33. The van der Waals surface area contributed by atoms with Crippen LogP contribution in [0.5, 0.6) is 0 Å².